The van der Waals surface area contributed by atoms with Crippen LogP contribution < -0.4 is 4.90 Å². The lowest BCUT2D eigenvalue weighted by Crippen LogP contribution is -2.09. The third-order valence-corrected chi connectivity index (χ3v) is 13.2. The quantitative estimate of drug-likeness (QED) is 0.140. The average Bonchev–Trinajstić information content (AvgIpc) is 3.41. The molecule has 0 N–H and O–H groups in total. The van der Waals surface area contributed by atoms with Crippen LogP contribution in [0.4, 0.5) is 17.1 Å². The van der Waals surface area contributed by atoms with Gasteiger partial charge in [-0.15, -0.1) is 0 Å². The van der Waals surface area contributed by atoms with Crippen LogP contribution in [0.25, 0.3) is 99.1 Å². The van der Waals surface area contributed by atoms with Gasteiger partial charge in [0.1, 0.15) is 0 Å². The van der Waals surface area contributed by atoms with Gasteiger partial charge in [-0.3, -0.25) is 0 Å². The maximum Gasteiger partial charge on any atom is 0.0468 e. The first-order valence-corrected chi connectivity index (χ1v) is 23.1. The average molecular weight is 852 g/mol. The van der Waals surface area contributed by atoms with E-state index in [4.69, 9.17) is 0 Å². The second-order valence-electron chi connectivity index (χ2n) is 17.2. The van der Waals surface area contributed by atoms with Crippen molar-refractivity contribution in [2.75, 3.05) is 4.90 Å². The Kier molecular flexibility index (Phi) is 10.3. The summed E-state index contributed by atoms with van der Waals surface area (Å²) in [6.07, 6.45) is 0. The van der Waals surface area contributed by atoms with E-state index in [1.54, 1.807) is 0 Å². The summed E-state index contributed by atoms with van der Waals surface area (Å²) in [6, 6.07) is 99.5. The Morgan fingerprint density at radius 3 is 1.21 bits per heavy atom. The first-order valence-electron chi connectivity index (χ1n) is 23.1. The first kappa shape index (κ1) is 39.8. The standard InChI is InChI=1S/C66H45N/c1-5-21-50(22-6-1)62-61-34-18-33-60(66(61)65(53-27-11-4-12-28-53)64(52-25-9-3-10-26-52)63(62)51-23-7-2-8-24-51)49-38-42-56(43-39-49)67(57-44-35-46-19-13-14-29-54(46)45-57)55-40-36-48(37-41-55)59-32-17-30-47-20-15-16-31-58(47)59/h1-45H. The number of benzene rings is 12. The number of anilines is 3. The SMILES string of the molecule is c1ccc(-c2c(-c3ccccc3)c(-c3ccccc3)c3c(-c4ccc(N(c5ccc(-c6cccc7ccccc67)cc5)c5ccc6ccccc6c5)cc4)cccc3c2-c2ccccc2)cc1. The highest BCUT2D eigenvalue weighted by Gasteiger charge is 2.26. The number of hydrogen-bond donors (Lipinski definition) is 0. The molecule has 0 radical (unpaired) electrons. The second kappa shape index (κ2) is 17.3. The Morgan fingerprint density at radius 2 is 0.612 bits per heavy atom. The zero-order valence-corrected chi connectivity index (χ0v) is 36.9. The van der Waals surface area contributed by atoms with Gasteiger partial charge in [0.2, 0.25) is 0 Å². The van der Waals surface area contributed by atoms with E-state index in [1.165, 1.54) is 93.5 Å². The highest BCUT2D eigenvalue weighted by molar-refractivity contribution is 6.22. The Hall–Kier alpha value is -8.78. The Balaban J connectivity index is 1.07. The highest BCUT2D eigenvalue weighted by Crippen LogP contribution is 2.53. The van der Waals surface area contributed by atoms with Crippen LogP contribution in [0.2, 0.25) is 0 Å². The molecular formula is C66H45N. The fraction of sp³-hybridized carbons (Fsp3) is 0. The first-order chi connectivity index (χ1) is 33.3. The van der Waals surface area contributed by atoms with Crippen molar-refractivity contribution in [3.05, 3.63) is 273 Å². The molecule has 0 unspecified atom stereocenters. The van der Waals surface area contributed by atoms with Gasteiger partial charge in [0.05, 0.1) is 0 Å². The van der Waals surface area contributed by atoms with Crippen molar-refractivity contribution in [2.24, 2.45) is 0 Å². The molecule has 0 atom stereocenters. The maximum atomic E-state index is 2.38. The van der Waals surface area contributed by atoms with E-state index < -0.39 is 0 Å². The van der Waals surface area contributed by atoms with E-state index >= 15 is 0 Å². The van der Waals surface area contributed by atoms with Crippen molar-refractivity contribution in [1.82, 2.24) is 0 Å². The third kappa shape index (κ3) is 7.34. The van der Waals surface area contributed by atoms with Gasteiger partial charge in [-0.05, 0) is 135 Å². The molecule has 0 fully saturated rings. The molecule has 0 aliphatic carbocycles. The van der Waals surface area contributed by atoms with Crippen molar-refractivity contribution in [2.45, 2.75) is 0 Å². The van der Waals surface area contributed by atoms with Gasteiger partial charge in [0, 0.05) is 17.1 Å². The molecule has 0 aromatic heterocycles. The molecule has 0 aliphatic rings. The van der Waals surface area contributed by atoms with E-state index in [9.17, 15) is 0 Å². The predicted octanol–water partition coefficient (Wildman–Crippen LogP) is 18.6. The van der Waals surface area contributed by atoms with E-state index in [2.05, 4.69) is 278 Å². The summed E-state index contributed by atoms with van der Waals surface area (Å²) in [6.45, 7) is 0. The lowest BCUT2D eigenvalue weighted by molar-refractivity contribution is 1.29. The van der Waals surface area contributed by atoms with Gasteiger partial charge < -0.3 is 4.90 Å². The molecular weight excluding hydrogens is 807 g/mol. The van der Waals surface area contributed by atoms with Gasteiger partial charge in [-0.1, -0.05) is 237 Å². The third-order valence-electron chi connectivity index (χ3n) is 13.2. The molecule has 0 saturated heterocycles. The van der Waals surface area contributed by atoms with Crippen LogP contribution >= 0.6 is 0 Å². The fourth-order valence-corrected chi connectivity index (χ4v) is 10.2. The van der Waals surface area contributed by atoms with Crippen molar-refractivity contribution >= 4 is 49.4 Å². The van der Waals surface area contributed by atoms with Crippen LogP contribution in [0.15, 0.2) is 273 Å². The van der Waals surface area contributed by atoms with Crippen LogP contribution in [0.1, 0.15) is 0 Å². The van der Waals surface area contributed by atoms with Gasteiger partial charge in [0.15, 0.2) is 0 Å². The van der Waals surface area contributed by atoms with Crippen LogP contribution in [-0.4, -0.2) is 0 Å². The van der Waals surface area contributed by atoms with Gasteiger partial charge in [0.25, 0.3) is 0 Å². The minimum atomic E-state index is 1.08. The van der Waals surface area contributed by atoms with Crippen LogP contribution in [0.5, 0.6) is 0 Å². The molecule has 0 saturated carbocycles. The molecule has 1 heteroatoms. The number of nitrogens with zero attached hydrogens (tertiary/aromatic N) is 1. The fourth-order valence-electron chi connectivity index (χ4n) is 10.2. The topological polar surface area (TPSA) is 3.24 Å². The smallest absolute Gasteiger partial charge is 0.0468 e. The molecule has 0 aliphatic heterocycles. The summed E-state index contributed by atoms with van der Waals surface area (Å²) in [4.78, 5) is 2.38. The summed E-state index contributed by atoms with van der Waals surface area (Å²) >= 11 is 0. The highest BCUT2D eigenvalue weighted by atomic mass is 15.1. The van der Waals surface area contributed by atoms with Crippen molar-refractivity contribution in [1.29, 1.82) is 0 Å². The maximum absolute atomic E-state index is 2.38. The lowest BCUT2D eigenvalue weighted by atomic mass is 9.77. The lowest BCUT2D eigenvalue weighted by Gasteiger charge is -2.27. The normalized spacial score (nSPS) is 11.3. The van der Waals surface area contributed by atoms with Crippen LogP contribution in [-0.2, 0) is 0 Å². The predicted molar refractivity (Wildman–Crippen MR) is 286 cm³/mol. The second-order valence-corrected chi connectivity index (χ2v) is 17.2. The summed E-state index contributed by atoms with van der Waals surface area (Å²) < 4.78 is 0. The number of rotatable bonds is 9. The zero-order valence-electron chi connectivity index (χ0n) is 36.9. The summed E-state index contributed by atoms with van der Waals surface area (Å²) in [5.41, 5.74) is 17.7. The Bertz CT molecular complexity index is 3690. The van der Waals surface area contributed by atoms with Crippen molar-refractivity contribution in [3.63, 3.8) is 0 Å². The van der Waals surface area contributed by atoms with Crippen molar-refractivity contribution in [3.8, 4) is 66.8 Å². The summed E-state index contributed by atoms with van der Waals surface area (Å²) in [7, 11) is 0. The molecule has 0 spiro atoms. The van der Waals surface area contributed by atoms with E-state index in [1.807, 2.05) is 0 Å². The number of hydrogen-bond acceptors (Lipinski definition) is 1. The summed E-state index contributed by atoms with van der Waals surface area (Å²) in [5, 5.41) is 7.37. The largest absolute Gasteiger partial charge is 0.310 e. The van der Waals surface area contributed by atoms with Crippen LogP contribution in [0, 0.1) is 0 Å². The Labute approximate surface area is 392 Å². The number of fused-ring (bicyclic) bond motifs is 3. The molecule has 0 heterocycles. The molecule has 314 valence electrons. The van der Waals surface area contributed by atoms with Gasteiger partial charge >= 0.3 is 0 Å². The molecule has 0 bridgehead atoms. The minimum absolute atomic E-state index is 1.08. The Morgan fingerprint density at radius 1 is 0.209 bits per heavy atom. The van der Waals surface area contributed by atoms with Gasteiger partial charge in [-0.2, -0.15) is 0 Å². The molecule has 1 nitrogen and oxygen atoms in total. The van der Waals surface area contributed by atoms with Crippen molar-refractivity contribution < 1.29 is 0 Å². The zero-order chi connectivity index (χ0) is 44.5. The summed E-state index contributed by atoms with van der Waals surface area (Å²) in [5.74, 6) is 0. The monoisotopic (exact) mass is 851 g/mol. The van der Waals surface area contributed by atoms with Gasteiger partial charge in [-0.25, -0.2) is 0 Å². The van der Waals surface area contributed by atoms with E-state index in [-0.39, 0.29) is 0 Å². The van der Waals surface area contributed by atoms with Crippen LogP contribution in [0.3, 0.4) is 0 Å². The van der Waals surface area contributed by atoms with E-state index in [0.29, 0.717) is 0 Å². The minimum Gasteiger partial charge on any atom is -0.310 e. The molecule has 0 amide bonds. The van der Waals surface area contributed by atoms with E-state index in [0.717, 1.165) is 22.6 Å². The molecule has 12 aromatic carbocycles. The molecule has 12 rings (SSSR count). The molecule has 67 heavy (non-hydrogen) atoms. The molecule has 12 aromatic rings.